The molecule has 0 aromatic rings. The first kappa shape index (κ1) is 13.1. The maximum absolute atomic E-state index is 9.36. The molecular weight excluding hydrogens is 196 g/mol. The van der Waals surface area contributed by atoms with Crippen LogP contribution in [-0.2, 0) is 0 Å². The van der Waals surface area contributed by atoms with Gasteiger partial charge in [-0.05, 0) is 18.8 Å². The van der Waals surface area contributed by atoms with Crippen molar-refractivity contribution in [2.45, 2.75) is 47.5 Å². The molecule has 0 amide bonds. The van der Waals surface area contributed by atoms with Crippen LogP contribution in [0.2, 0.25) is 0 Å². The second kappa shape index (κ2) is 4.91. The minimum absolute atomic E-state index is 0.0691. The molecule has 16 heavy (non-hydrogen) atoms. The lowest BCUT2D eigenvalue weighted by Gasteiger charge is -2.34. The number of nitrogens with zero attached hydrogens (tertiary/aromatic N) is 2. The second-order valence-electron chi connectivity index (χ2n) is 5.97. The zero-order valence-electron chi connectivity index (χ0n) is 11.3. The molecule has 2 heteroatoms. The Morgan fingerprint density at radius 2 is 1.69 bits per heavy atom. The van der Waals surface area contributed by atoms with E-state index in [0.717, 1.165) is 18.7 Å². The Morgan fingerprint density at radius 1 is 1.19 bits per heavy atom. The fourth-order valence-electron chi connectivity index (χ4n) is 2.44. The van der Waals surface area contributed by atoms with Gasteiger partial charge in [0, 0.05) is 24.2 Å². The van der Waals surface area contributed by atoms with Gasteiger partial charge in [0.25, 0.3) is 0 Å². The van der Waals surface area contributed by atoms with E-state index in [1.807, 2.05) is 0 Å². The molecule has 0 saturated carbocycles. The SMILES string of the molecule is CC(C)C(C#N)=C(N1CCCC1)C(C)(C)C. The Bertz CT molecular complexity index is 307. The maximum Gasteiger partial charge on any atom is 0.0968 e. The van der Waals surface area contributed by atoms with Crippen molar-refractivity contribution in [1.82, 2.24) is 4.90 Å². The molecule has 0 bridgehead atoms. The molecule has 2 nitrogen and oxygen atoms in total. The summed E-state index contributed by atoms with van der Waals surface area (Å²) in [6.07, 6.45) is 2.52. The highest BCUT2D eigenvalue weighted by Gasteiger charge is 2.29. The summed E-state index contributed by atoms with van der Waals surface area (Å²) in [6, 6.07) is 2.42. The van der Waals surface area contributed by atoms with Crippen LogP contribution in [0.15, 0.2) is 11.3 Å². The van der Waals surface area contributed by atoms with Crippen molar-refractivity contribution >= 4 is 0 Å². The van der Waals surface area contributed by atoms with Gasteiger partial charge in [0.15, 0.2) is 0 Å². The summed E-state index contributed by atoms with van der Waals surface area (Å²) in [6.45, 7) is 13.1. The summed E-state index contributed by atoms with van der Waals surface area (Å²) in [5.74, 6) is 0.319. The van der Waals surface area contributed by atoms with Gasteiger partial charge < -0.3 is 4.90 Å². The van der Waals surface area contributed by atoms with E-state index in [9.17, 15) is 5.26 Å². The number of nitriles is 1. The third kappa shape index (κ3) is 2.78. The summed E-state index contributed by atoms with van der Waals surface area (Å²) in [5.41, 5.74) is 2.30. The largest absolute Gasteiger partial charge is 0.374 e. The number of allylic oxidation sites excluding steroid dienone is 2. The van der Waals surface area contributed by atoms with E-state index in [4.69, 9.17) is 0 Å². The minimum Gasteiger partial charge on any atom is -0.374 e. The molecule has 1 saturated heterocycles. The monoisotopic (exact) mass is 220 g/mol. The van der Waals surface area contributed by atoms with Crippen molar-refractivity contribution in [3.8, 4) is 6.07 Å². The molecule has 0 radical (unpaired) electrons. The van der Waals surface area contributed by atoms with Crippen LogP contribution in [0.4, 0.5) is 0 Å². The van der Waals surface area contributed by atoms with E-state index in [1.54, 1.807) is 0 Å². The van der Waals surface area contributed by atoms with Crippen LogP contribution in [-0.4, -0.2) is 18.0 Å². The molecule has 0 spiro atoms. The highest BCUT2D eigenvalue weighted by atomic mass is 15.2. The highest BCUT2D eigenvalue weighted by molar-refractivity contribution is 5.32. The first-order chi connectivity index (χ1) is 7.38. The van der Waals surface area contributed by atoms with E-state index in [0.29, 0.717) is 5.92 Å². The lowest BCUT2D eigenvalue weighted by molar-refractivity contribution is 0.304. The van der Waals surface area contributed by atoms with E-state index < -0.39 is 0 Å². The van der Waals surface area contributed by atoms with Crippen LogP contribution in [0.3, 0.4) is 0 Å². The van der Waals surface area contributed by atoms with Crippen LogP contribution in [0, 0.1) is 22.7 Å². The summed E-state index contributed by atoms with van der Waals surface area (Å²) in [5, 5.41) is 9.36. The van der Waals surface area contributed by atoms with Gasteiger partial charge >= 0.3 is 0 Å². The summed E-state index contributed by atoms with van der Waals surface area (Å²) in [4.78, 5) is 2.42. The number of hydrogen-bond donors (Lipinski definition) is 0. The third-order valence-corrected chi connectivity index (χ3v) is 3.09. The van der Waals surface area contributed by atoms with Gasteiger partial charge in [0.05, 0.1) is 11.6 Å². The molecule has 0 N–H and O–H groups in total. The molecule has 0 unspecified atom stereocenters. The summed E-state index contributed by atoms with van der Waals surface area (Å²) < 4.78 is 0. The van der Waals surface area contributed by atoms with Crippen LogP contribution < -0.4 is 0 Å². The predicted molar refractivity (Wildman–Crippen MR) is 67.7 cm³/mol. The lowest BCUT2D eigenvalue weighted by atomic mass is 9.85. The van der Waals surface area contributed by atoms with E-state index in [2.05, 4.69) is 45.6 Å². The standard InChI is InChI=1S/C14H24N2/c1-11(2)12(10-15)13(14(3,4)5)16-8-6-7-9-16/h11H,6-9H2,1-5H3. The number of hydrogen-bond acceptors (Lipinski definition) is 2. The molecule has 0 atom stereocenters. The average molecular weight is 220 g/mol. The summed E-state index contributed by atoms with van der Waals surface area (Å²) >= 11 is 0. The van der Waals surface area contributed by atoms with Crippen molar-refractivity contribution < 1.29 is 0 Å². The van der Waals surface area contributed by atoms with Crippen molar-refractivity contribution in [2.75, 3.05) is 13.1 Å². The van der Waals surface area contributed by atoms with Crippen LogP contribution in [0.5, 0.6) is 0 Å². The molecule has 1 aliphatic rings. The fraction of sp³-hybridized carbons (Fsp3) is 0.786. The Morgan fingerprint density at radius 3 is 2.00 bits per heavy atom. The van der Waals surface area contributed by atoms with Gasteiger partial charge in [0.2, 0.25) is 0 Å². The van der Waals surface area contributed by atoms with Gasteiger partial charge in [-0.2, -0.15) is 5.26 Å². The Hall–Kier alpha value is -0.970. The van der Waals surface area contributed by atoms with Gasteiger partial charge in [-0.1, -0.05) is 34.6 Å². The molecule has 1 aliphatic heterocycles. The zero-order chi connectivity index (χ0) is 12.3. The van der Waals surface area contributed by atoms with Crippen LogP contribution in [0.25, 0.3) is 0 Å². The Balaban J connectivity index is 3.18. The first-order valence-electron chi connectivity index (χ1n) is 6.27. The Kier molecular flexibility index (Phi) is 4.02. The van der Waals surface area contributed by atoms with Crippen molar-refractivity contribution in [2.24, 2.45) is 11.3 Å². The molecular formula is C14H24N2. The second-order valence-corrected chi connectivity index (χ2v) is 5.97. The zero-order valence-corrected chi connectivity index (χ0v) is 11.3. The normalized spacial score (nSPS) is 18.7. The lowest BCUT2D eigenvalue weighted by Crippen LogP contribution is -2.30. The fourth-order valence-corrected chi connectivity index (χ4v) is 2.44. The van der Waals surface area contributed by atoms with E-state index >= 15 is 0 Å². The molecule has 1 heterocycles. The smallest absolute Gasteiger partial charge is 0.0968 e. The molecule has 1 rings (SSSR count). The molecule has 90 valence electrons. The number of rotatable bonds is 2. The quantitative estimate of drug-likeness (QED) is 0.665. The first-order valence-corrected chi connectivity index (χ1v) is 6.27. The predicted octanol–water partition coefficient (Wildman–Crippen LogP) is 3.56. The maximum atomic E-state index is 9.36. The van der Waals surface area contributed by atoms with Crippen LogP contribution >= 0.6 is 0 Å². The molecule has 0 aromatic heterocycles. The van der Waals surface area contributed by atoms with Crippen molar-refractivity contribution in [1.29, 1.82) is 5.26 Å². The third-order valence-electron chi connectivity index (χ3n) is 3.09. The Labute approximate surface area is 99.9 Å². The number of likely N-dealkylation sites (tertiary alicyclic amines) is 1. The average Bonchev–Trinajstić information content (AvgIpc) is 2.63. The molecule has 0 aromatic carbocycles. The van der Waals surface area contributed by atoms with Gasteiger partial charge in [-0.15, -0.1) is 0 Å². The van der Waals surface area contributed by atoms with Crippen molar-refractivity contribution in [3.05, 3.63) is 11.3 Å². The topological polar surface area (TPSA) is 27.0 Å². The summed E-state index contributed by atoms with van der Waals surface area (Å²) in [7, 11) is 0. The highest BCUT2D eigenvalue weighted by Crippen LogP contribution is 2.35. The van der Waals surface area contributed by atoms with Gasteiger partial charge in [-0.3, -0.25) is 0 Å². The molecule has 0 aliphatic carbocycles. The van der Waals surface area contributed by atoms with E-state index in [-0.39, 0.29) is 5.41 Å². The van der Waals surface area contributed by atoms with Crippen LogP contribution in [0.1, 0.15) is 47.5 Å². The van der Waals surface area contributed by atoms with Gasteiger partial charge in [0.1, 0.15) is 0 Å². The van der Waals surface area contributed by atoms with Crippen molar-refractivity contribution in [3.63, 3.8) is 0 Å². The minimum atomic E-state index is 0.0691. The van der Waals surface area contributed by atoms with E-state index in [1.165, 1.54) is 18.5 Å². The van der Waals surface area contributed by atoms with Gasteiger partial charge in [-0.25, -0.2) is 0 Å². The molecule has 1 fully saturated rings.